The monoisotopic (exact) mass is 363 g/mol. The van der Waals surface area contributed by atoms with Gasteiger partial charge in [0.2, 0.25) is 5.91 Å². The van der Waals surface area contributed by atoms with E-state index < -0.39 is 29.7 Å². The molecule has 0 aliphatic carbocycles. The molecule has 0 aromatic heterocycles. The minimum Gasteiger partial charge on any atom is -0.445 e. The SMILES string of the molecule is CC(C)(C)OC(=O)N1CCN(C(=O)OCc2ccccc2)C(C(N)=O)C1. The second kappa shape index (κ2) is 8.07. The molecule has 1 fully saturated rings. The van der Waals surface area contributed by atoms with E-state index in [9.17, 15) is 14.4 Å². The Kier molecular flexibility index (Phi) is 6.07. The molecule has 2 rings (SSSR count). The lowest BCUT2D eigenvalue weighted by molar-refractivity contribution is -0.124. The van der Waals surface area contributed by atoms with Gasteiger partial charge in [0.25, 0.3) is 0 Å². The Morgan fingerprint density at radius 3 is 2.35 bits per heavy atom. The molecular formula is C18H25N3O5. The summed E-state index contributed by atoms with van der Waals surface area (Å²) in [6.45, 7) is 5.72. The van der Waals surface area contributed by atoms with Crippen LogP contribution in [0.5, 0.6) is 0 Å². The average molecular weight is 363 g/mol. The number of primary amides is 1. The molecule has 1 aliphatic rings. The highest BCUT2D eigenvalue weighted by atomic mass is 16.6. The van der Waals surface area contributed by atoms with E-state index in [1.165, 1.54) is 9.80 Å². The summed E-state index contributed by atoms with van der Waals surface area (Å²) in [5, 5.41) is 0. The van der Waals surface area contributed by atoms with E-state index in [-0.39, 0.29) is 26.2 Å². The lowest BCUT2D eigenvalue weighted by atomic mass is 10.1. The van der Waals surface area contributed by atoms with Crippen molar-refractivity contribution in [1.82, 2.24) is 9.80 Å². The number of piperazine rings is 1. The van der Waals surface area contributed by atoms with Crippen molar-refractivity contribution in [3.63, 3.8) is 0 Å². The Bertz CT molecular complexity index is 657. The molecular weight excluding hydrogens is 338 g/mol. The predicted molar refractivity (Wildman–Crippen MR) is 94.1 cm³/mol. The third-order valence-corrected chi connectivity index (χ3v) is 3.80. The fraction of sp³-hybridized carbons (Fsp3) is 0.500. The molecule has 3 amide bonds. The quantitative estimate of drug-likeness (QED) is 0.881. The molecule has 8 heteroatoms. The highest BCUT2D eigenvalue weighted by Crippen LogP contribution is 2.16. The van der Waals surface area contributed by atoms with E-state index in [2.05, 4.69) is 0 Å². The first-order valence-electron chi connectivity index (χ1n) is 8.42. The van der Waals surface area contributed by atoms with Crippen LogP contribution in [0.2, 0.25) is 0 Å². The summed E-state index contributed by atoms with van der Waals surface area (Å²) in [7, 11) is 0. The van der Waals surface area contributed by atoms with Gasteiger partial charge in [-0.05, 0) is 26.3 Å². The molecule has 0 bridgehead atoms. The molecule has 1 aromatic rings. The van der Waals surface area contributed by atoms with Gasteiger partial charge in [-0.2, -0.15) is 0 Å². The van der Waals surface area contributed by atoms with Crippen molar-refractivity contribution in [2.24, 2.45) is 5.73 Å². The van der Waals surface area contributed by atoms with E-state index in [1.54, 1.807) is 20.8 Å². The minimum absolute atomic E-state index is 0.0231. The molecule has 0 spiro atoms. The van der Waals surface area contributed by atoms with E-state index in [4.69, 9.17) is 15.2 Å². The minimum atomic E-state index is -0.959. The fourth-order valence-electron chi connectivity index (χ4n) is 2.54. The number of amides is 3. The van der Waals surface area contributed by atoms with Gasteiger partial charge in [-0.15, -0.1) is 0 Å². The first-order valence-corrected chi connectivity index (χ1v) is 8.42. The predicted octanol–water partition coefficient (Wildman–Crippen LogP) is 1.73. The summed E-state index contributed by atoms with van der Waals surface area (Å²) in [6, 6.07) is 8.26. The Morgan fingerprint density at radius 1 is 1.12 bits per heavy atom. The summed E-state index contributed by atoms with van der Waals surface area (Å²) >= 11 is 0. The van der Waals surface area contributed by atoms with E-state index in [0.29, 0.717) is 0 Å². The highest BCUT2D eigenvalue weighted by molar-refractivity contribution is 5.85. The number of carbonyl (C=O) groups excluding carboxylic acids is 3. The van der Waals surface area contributed by atoms with Gasteiger partial charge in [-0.25, -0.2) is 9.59 Å². The number of nitrogens with zero attached hydrogens (tertiary/aromatic N) is 2. The molecule has 0 saturated carbocycles. The van der Waals surface area contributed by atoms with Crippen LogP contribution < -0.4 is 5.73 Å². The maximum atomic E-state index is 12.4. The lowest BCUT2D eigenvalue weighted by Gasteiger charge is -2.39. The second-order valence-electron chi connectivity index (χ2n) is 7.08. The summed E-state index contributed by atoms with van der Waals surface area (Å²) < 4.78 is 10.6. The average Bonchev–Trinajstić information content (AvgIpc) is 2.58. The molecule has 0 radical (unpaired) electrons. The molecule has 1 saturated heterocycles. The van der Waals surface area contributed by atoms with Crippen LogP contribution in [0, 0.1) is 0 Å². The van der Waals surface area contributed by atoms with Crippen molar-refractivity contribution in [1.29, 1.82) is 0 Å². The maximum absolute atomic E-state index is 12.4. The van der Waals surface area contributed by atoms with Crippen molar-refractivity contribution in [2.45, 2.75) is 39.0 Å². The van der Waals surface area contributed by atoms with E-state index in [1.807, 2.05) is 30.3 Å². The summed E-state index contributed by atoms with van der Waals surface area (Å²) in [5.41, 5.74) is 5.61. The number of carbonyl (C=O) groups is 3. The normalized spacial score (nSPS) is 17.6. The molecule has 1 unspecified atom stereocenters. The van der Waals surface area contributed by atoms with Gasteiger partial charge in [0.15, 0.2) is 0 Å². The number of hydrogen-bond donors (Lipinski definition) is 1. The molecule has 1 atom stereocenters. The summed E-state index contributed by atoms with van der Waals surface area (Å²) in [4.78, 5) is 39.0. The molecule has 26 heavy (non-hydrogen) atoms. The van der Waals surface area contributed by atoms with Gasteiger partial charge in [0.1, 0.15) is 18.2 Å². The molecule has 1 aromatic carbocycles. The van der Waals surface area contributed by atoms with Crippen LogP contribution in [-0.4, -0.2) is 59.2 Å². The van der Waals surface area contributed by atoms with Crippen molar-refractivity contribution in [2.75, 3.05) is 19.6 Å². The standard InChI is InChI=1S/C18H25N3O5/c1-18(2,3)26-16(23)20-9-10-21(14(11-20)15(19)22)17(24)25-12-13-7-5-4-6-8-13/h4-8,14H,9-12H2,1-3H3,(H2,19,22). The van der Waals surface area contributed by atoms with Crippen molar-refractivity contribution >= 4 is 18.1 Å². The zero-order valence-electron chi connectivity index (χ0n) is 15.3. The van der Waals surface area contributed by atoms with Gasteiger partial charge in [0, 0.05) is 13.1 Å². The van der Waals surface area contributed by atoms with Gasteiger partial charge in [0.05, 0.1) is 6.54 Å². The Labute approximate surface area is 152 Å². The van der Waals surface area contributed by atoms with Crippen LogP contribution >= 0.6 is 0 Å². The third kappa shape index (κ3) is 5.37. The van der Waals surface area contributed by atoms with Gasteiger partial charge >= 0.3 is 12.2 Å². The maximum Gasteiger partial charge on any atom is 0.410 e. The number of hydrogen-bond acceptors (Lipinski definition) is 5. The first kappa shape index (κ1) is 19.6. The van der Waals surface area contributed by atoms with Crippen LogP contribution in [0.15, 0.2) is 30.3 Å². The molecule has 1 heterocycles. The summed E-state index contributed by atoms with van der Waals surface area (Å²) in [6.07, 6.45) is -1.18. The Balaban J connectivity index is 1.98. The van der Waals surface area contributed by atoms with Crippen molar-refractivity contribution in [3.8, 4) is 0 Å². The smallest absolute Gasteiger partial charge is 0.410 e. The van der Waals surface area contributed by atoms with Gasteiger partial charge < -0.3 is 20.1 Å². The molecule has 1 aliphatic heterocycles. The number of benzene rings is 1. The Morgan fingerprint density at radius 2 is 1.77 bits per heavy atom. The second-order valence-corrected chi connectivity index (χ2v) is 7.08. The van der Waals surface area contributed by atoms with Gasteiger partial charge in [-0.1, -0.05) is 30.3 Å². The highest BCUT2D eigenvalue weighted by Gasteiger charge is 2.38. The summed E-state index contributed by atoms with van der Waals surface area (Å²) in [5.74, 6) is -0.699. The van der Waals surface area contributed by atoms with Gasteiger partial charge in [-0.3, -0.25) is 9.69 Å². The van der Waals surface area contributed by atoms with Crippen molar-refractivity contribution in [3.05, 3.63) is 35.9 Å². The molecule has 142 valence electrons. The van der Waals surface area contributed by atoms with Crippen LogP contribution in [-0.2, 0) is 20.9 Å². The lowest BCUT2D eigenvalue weighted by Crippen LogP contribution is -2.61. The zero-order valence-corrected chi connectivity index (χ0v) is 15.3. The number of rotatable bonds is 3. The molecule has 8 nitrogen and oxygen atoms in total. The van der Waals surface area contributed by atoms with E-state index >= 15 is 0 Å². The molecule has 2 N–H and O–H groups in total. The van der Waals surface area contributed by atoms with Crippen LogP contribution in [0.25, 0.3) is 0 Å². The first-order chi connectivity index (χ1) is 12.2. The zero-order chi connectivity index (χ0) is 19.3. The van der Waals surface area contributed by atoms with Crippen molar-refractivity contribution < 1.29 is 23.9 Å². The van der Waals surface area contributed by atoms with Crippen LogP contribution in [0.1, 0.15) is 26.3 Å². The van der Waals surface area contributed by atoms with Crippen LogP contribution in [0.4, 0.5) is 9.59 Å². The van der Waals surface area contributed by atoms with E-state index in [0.717, 1.165) is 5.56 Å². The topological polar surface area (TPSA) is 102 Å². The van der Waals surface area contributed by atoms with Crippen LogP contribution in [0.3, 0.4) is 0 Å². The third-order valence-electron chi connectivity index (χ3n) is 3.80. The fourth-order valence-corrected chi connectivity index (χ4v) is 2.54. The largest absolute Gasteiger partial charge is 0.445 e. The number of nitrogens with two attached hydrogens (primary N) is 1. The Hall–Kier alpha value is -2.77. The number of ether oxygens (including phenoxy) is 2.